The lowest BCUT2D eigenvalue weighted by Crippen LogP contribution is -2.56. The van der Waals surface area contributed by atoms with Gasteiger partial charge in [0.2, 0.25) is 11.8 Å². The van der Waals surface area contributed by atoms with Gasteiger partial charge in [0.05, 0.1) is 10.6 Å². The van der Waals surface area contributed by atoms with Crippen LogP contribution in [0.1, 0.15) is 43.0 Å². The number of carbonyl (C=O) groups is 2. The molecule has 248 valence electrons. The molecular formula is C36H38Cl3N3O4S. The van der Waals surface area contributed by atoms with Crippen LogP contribution in [0.4, 0.5) is 5.69 Å². The first-order chi connectivity index (χ1) is 22.1. The number of nitrogens with one attached hydrogen (secondary N) is 1. The monoisotopic (exact) mass is 713 g/mol. The molecule has 4 rings (SSSR count). The predicted octanol–water partition coefficient (Wildman–Crippen LogP) is 8.01. The summed E-state index contributed by atoms with van der Waals surface area (Å²) in [6.07, 6.45) is 0.150. The Bertz CT molecular complexity index is 1820. The number of benzene rings is 4. The van der Waals surface area contributed by atoms with Crippen LogP contribution in [0.3, 0.4) is 0 Å². The van der Waals surface area contributed by atoms with Crippen LogP contribution in [0, 0.1) is 13.8 Å². The first-order valence-corrected chi connectivity index (χ1v) is 17.6. The number of sulfonamides is 1. The molecule has 1 atom stereocenters. The second-order valence-corrected chi connectivity index (χ2v) is 15.5. The zero-order valence-electron chi connectivity index (χ0n) is 26.9. The zero-order chi connectivity index (χ0) is 34.5. The van der Waals surface area contributed by atoms with Gasteiger partial charge in [0.1, 0.15) is 12.6 Å². The lowest BCUT2D eigenvalue weighted by molar-refractivity contribution is -0.140. The number of rotatable bonds is 11. The molecule has 0 aliphatic heterocycles. The Labute approximate surface area is 292 Å². The Morgan fingerprint density at radius 3 is 2.00 bits per heavy atom. The van der Waals surface area contributed by atoms with Crippen LogP contribution in [-0.2, 0) is 32.6 Å². The van der Waals surface area contributed by atoms with Gasteiger partial charge in [0, 0.05) is 39.1 Å². The molecule has 0 aliphatic carbocycles. The summed E-state index contributed by atoms with van der Waals surface area (Å²) in [7, 11) is -4.28. The van der Waals surface area contributed by atoms with E-state index in [1.54, 1.807) is 49.4 Å². The van der Waals surface area contributed by atoms with Crippen molar-refractivity contribution in [3.8, 4) is 0 Å². The van der Waals surface area contributed by atoms with E-state index in [1.807, 2.05) is 58.0 Å². The Morgan fingerprint density at radius 1 is 0.809 bits per heavy atom. The van der Waals surface area contributed by atoms with Crippen molar-refractivity contribution < 1.29 is 18.0 Å². The van der Waals surface area contributed by atoms with Crippen LogP contribution in [0.15, 0.2) is 95.9 Å². The number of hydrogen-bond acceptors (Lipinski definition) is 4. The van der Waals surface area contributed by atoms with Crippen molar-refractivity contribution in [3.05, 3.63) is 128 Å². The molecule has 1 N–H and O–H groups in total. The molecule has 0 radical (unpaired) electrons. The fraction of sp³-hybridized carbons (Fsp3) is 0.278. The second-order valence-electron chi connectivity index (χ2n) is 12.4. The van der Waals surface area contributed by atoms with Gasteiger partial charge >= 0.3 is 0 Å². The Morgan fingerprint density at radius 2 is 1.43 bits per heavy atom. The minimum Gasteiger partial charge on any atom is -0.350 e. The molecule has 47 heavy (non-hydrogen) atoms. The molecule has 4 aromatic carbocycles. The fourth-order valence-electron chi connectivity index (χ4n) is 4.96. The third-order valence-electron chi connectivity index (χ3n) is 7.49. The number of halogens is 3. The van der Waals surface area contributed by atoms with E-state index in [0.717, 1.165) is 21.0 Å². The topological polar surface area (TPSA) is 86.8 Å². The van der Waals surface area contributed by atoms with Gasteiger partial charge in [-0.3, -0.25) is 13.9 Å². The third kappa shape index (κ3) is 9.29. The smallest absolute Gasteiger partial charge is 0.264 e. The molecule has 0 aliphatic rings. The number of hydrogen-bond donors (Lipinski definition) is 1. The van der Waals surface area contributed by atoms with Gasteiger partial charge in [-0.25, -0.2) is 8.42 Å². The molecule has 0 saturated carbocycles. The van der Waals surface area contributed by atoms with Crippen molar-refractivity contribution in [1.29, 1.82) is 0 Å². The molecule has 0 aromatic heterocycles. The average Bonchev–Trinajstić information content (AvgIpc) is 3.00. The summed E-state index contributed by atoms with van der Waals surface area (Å²) in [4.78, 5) is 30.1. The summed E-state index contributed by atoms with van der Waals surface area (Å²) in [6.45, 7) is 8.40. The van der Waals surface area contributed by atoms with Crippen molar-refractivity contribution in [2.24, 2.45) is 0 Å². The molecular weight excluding hydrogens is 677 g/mol. The van der Waals surface area contributed by atoms with Crippen molar-refractivity contribution in [3.63, 3.8) is 0 Å². The first-order valence-electron chi connectivity index (χ1n) is 15.0. The van der Waals surface area contributed by atoms with Crippen LogP contribution in [0.25, 0.3) is 0 Å². The van der Waals surface area contributed by atoms with Crippen LogP contribution in [0.2, 0.25) is 15.1 Å². The standard InChI is InChI=1S/C36H38Cl3N3O4S/c1-24-14-18-28(19-15-24)47(45,46)42(27-17-16-25(2)32(39)21-27)23-34(43)41(22-29-30(37)12-9-13-31(29)38)33(35(44)40-36(3,4)5)20-26-10-7-6-8-11-26/h6-19,21,33H,20,22-23H2,1-5H3,(H,40,44)/t33-/m0/s1. The van der Waals surface area contributed by atoms with Gasteiger partial charge < -0.3 is 10.2 Å². The van der Waals surface area contributed by atoms with Crippen LogP contribution >= 0.6 is 34.8 Å². The Kier molecular flexibility index (Phi) is 11.7. The molecule has 0 fully saturated rings. The maximum atomic E-state index is 14.7. The van der Waals surface area contributed by atoms with E-state index in [2.05, 4.69) is 5.32 Å². The average molecular weight is 715 g/mol. The van der Waals surface area contributed by atoms with E-state index in [4.69, 9.17) is 34.8 Å². The Balaban J connectivity index is 1.87. The highest BCUT2D eigenvalue weighted by Gasteiger charge is 2.36. The summed E-state index contributed by atoms with van der Waals surface area (Å²) in [5.74, 6) is -1.05. The van der Waals surface area contributed by atoms with Gasteiger partial charge in [-0.05, 0) is 82.1 Å². The SMILES string of the molecule is Cc1ccc(S(=O)(=O)N(CC(=O)N(Cc2c(Cl)cccc2Cl)[C@@H](Cc2ccccc2)C(=O)NC(C)(C)C)c2ccc(C)c(Cl)c2)cc1. The highest BCUT2D eigenvalue weighted by Crippen LogP contribution is 2.31. The summed E-state index contributed by atoms with van der Waals surface area (Å²) in [5, 5.41) is 3.95. The Hall–Kier alpha value is -3.56. The van der Waals surface area contributed by atoms with E-state index in [-0.39, 0.29) is 23.5 Å². The number of nitrogens with zero attached hydrogens (tertiary/aromatic N) is 2. The summed E-state index contributed by atoms with van der Waals surface area (Å²) >= 11 is 19.6. The number of carbonyl (C=O) groups excluding carboxylic acids is 2. The number of amides is 2. The van der Waals surface area contributed by atoms with Gasteiger partial charge in [-0.2, -0.15) is 0 Å². The molecule has 11 heteroatoms. The van der Waals surface area contributed by atoms with Crippen molar-refractivity contribution >= 4 is 62.3 Å². The highest BCUT2D eigenvalue weighted by atomic mass is 35.5. The van der Waals surface area contributed by atoms with Gasteiger partial charge in [-0.1, -0.05) is 95.0 Å². The van der Waals surface area contributed by atoms with E-state index in [0.29, 0.717) is 20.6 Å². The largest absolute Gasteiger partial charge is 0.350 e. The molecule has 0 saturated heterocycles. The lowest BCUT2D eigenvalue weighted by atomic mass is 10.0. The molecule has 2 amide bonds. The summed E-state index contributed by atoms with van der Waals surface area (Å²) < 4.78 is 29.5. The lowest BCUT2D eigenvalue weighted by Gasteiger charge is -2.35. The van der Waals surface area contributed by atoms with Gasteiger partial charge in [0.15, 0.2) is 0 Å². The van der Waals surface area contributed by atoms with Crippen LogP contribution in [0.5, 0.6) is 0 Å². The summed E-state index contributed by atoms with van der Waals surface area (Å²) in [6, 6.07) is 24.4. The van der Waals surface area contributed by atoms with Crippen LogP contribution < -0.4 is 9.62 Å². The first kappa shape index (κ1) is 36.3. The minimum atomic E-state index is -4.28. The quantitative estimate of drug-likeness (QED) is 0.171. The van der Waals surface area contributed by atoms with Crippen molar-refractivity contribution in [2.45, 2.75) is 64.1 Å². The predicted molar refractivity (Wildman–Crippen MR) is 191 cm³/mol. The van der Waals surface area contributed by atoms with E-state index in [9.17, 15) is 18.0 Å². The minimum absolute atomic E-state index is 0.000364. The number of anilines is 1. The normalized spacial score (nSPS) is 12.3. The number of aryl methyl sites for hydroxylation is 2. The zero-order valence-corrected chi connectivity index (χ0v) is 30.0. The van der Waals surface area contributed by atoms with Crippen LogP contribution in [-0.4, -0.2) is 43.3 Å². The maximum absolute atomic E-state index is 14.7. The van der Waals surface area contributed by atoms with Gasteiger partial charge in [-0.15, -0.1) is 0 Å². The third-order valence-corrected chi connectivity index (χ3v) is 10.4. The fourth-order valence-corrected chi connectivity index (χ4v) is 7.06. The van der Waals surface area contributed by atoms with Gasteiger partial charge in [0.25, 0.3) is 10.0 Å². The molecule has 0 bridgehead atoms. The van der Waals surface area contributed by atoms with E-state index < -0.39 is 40.0 Å². The van der Waals surface area contributed by atoms with E-state index >= 15 is 0 Å². The molecule has 0 spiro atoms. The molecule has 0 unspecified atom stereocenters. The second kappa shape index (κ2) is 15.1. The molecule has 4 aromatic rings. The highest BCUT2D eigenvalue weighted by molar-refractivity contribution is 7.92. The maximum Gasteiger partial charge on any atom is 0.264 e. The van der Waals surface area contributed by atoms with E-state index in [1.165, 1.54) is 23.1 Å². The summed E-state index contributed by atoms with van der Waals surface area (Å²) in [5.41, 5.74) is 2.43. The molecule has 7 nitrogen and oxygen atoms in total. The van der Waals surface area contributed by atoms with Crippen molar-refractivity contribution in [1.82, 2.24) is 10.2 Å². The van der Waals surface area contributed by atoms with Crippen molar-refractivity contribution in [2.75, 3.05) is 10.8 Å². The molecule has 0 heterocycles.